The molecule has 0 unspecified atom stereocenters. The van der Waals surface area contributed by atoms with E-state index in [2.05, 4.69) is 4.98 Å². The standard InChI is InChI=1S/C15H13N3O2/c16-15-17-12-8-11(14(19)20)6-7-13(12)18(15)9-10-4-2-1-3-5-10/h1-8H,9H2,(H2,16,17)(H,19,20). The lowest BCUT2D eigenvalue weighted by molar-refractivity contribution is 0.0697. The summed E-state index contributed by atoms with van der Waals surface area (Å²) < 4.78 is 1.87. The molecule has 0 fully saturated rings. The first-order chi connectivity index (χ1) is 9.65. The summed E-state index contributed by atoms with van der Waals surface area (Å²) in [7, 11) is 0. The van der Waals surface area contributed by atoms with Gasteiger partial charge in [0.15, 0.2) is 0 Å². The van der Waals surface area contributed by atoms with Crippen molar-refractivity contribution in [3.8, 4) is 0 Å². The summed E-state index contributed by atoms with van der Waals surface area (Å²) in [4.78, 5) is 15.2. The summed E-state index contributed by atoms with van der Waals surface area (Å²) in [5.41, 5.74) is 8.68. The topological polar surface area (TPSA) is 81.1 Å². The van der Waals surface area contributed by atoms with E-state index in [9.17, 15) is 4.79 Å². The molecule has 1 aromatic heterocycles. The predicted molar refractivity (Wildman–Crippen MR) is 76.6 cm³/mol. The Bertz CT molecular complexity index is 778. The van der Waals surface area contributed by atoms with Crippen molar-refractivity contribution in [1.29, 1.82) is 0 Å². The molecule has 0 amide bonds. The number of rotatable bonds is 3. The Morgan fingerprint density at radius 2 is 1.95 bits per heavy atom. The third-order valence-electron chi connectivity index (χ3n) is 3.21. The molecule has 0 radical (unpaired) electrons. The molecule has 0 aliphatic carbocycles. The van der Waals surface area contributed by atoms with Crippen LogP contribution in [0.15, 0.2) is 48.5 Å². The van der Waals surface area contributed by atoms with Crippen LogP contribution in [-0.4, -0.2) is 20.6 Å². The minimum Gasteiger partial charge on any atom is -0.478 e. The van der Waals surface area contributed by atoms with Gasteiger partial charge in [0.2, 0.25) is 5.95 Å². The lowest BCUT2D eigenvalue weighted by atomic mass is 10.2. The van der Waals surface area contributed by atoms with Crippen LogP contribution in [-0.2, 0) is 6.54 Å². The summed E-state index contributed by atoms with van der Waals surface area (Å²) in [6.07, 6.45) is 0. The fourth-order valence-corrected chi connectivity index (χ4v) is 2.21. The molecule has 0 saturated carbocycles. The average molecular weight is 267 g/mol. The Balaban J connectivity index is 2.07. The van der Waals surface area contributed by atoms with E-state index in [0.29, 0.717) is 18.0 Å². The zero-order valence-corrected chi connectivity index (χ0v) is 10.7. The molecule has 2 aromatic carbocycles. The number of carboxylic acid groups (broad SMARTS) is 1. The van der Waals surface area contributed by atoms with Gasteiger partial charge in [0.05, 0.1) is 23.1 Å². The molecule has 100 valence electrons. The van der Waals surface area contributed by atoms with Crippen LogP contribution >= 0.6 is 0 Å². The molecule has 0 bridgehead atoms. The lowest BCUT2D eigenvalue weighted by Crippen LogP contribution is -2.04. The fraction of sp³-hybridized carbons (Fsp3) is 0.0667. The van der Waals surface area contributed by atoms with Gasteiger partial charge in [0.1, 0.15) is 0 Å². The van der Waals surface area contributed by atoms with Crippen molar-refractivity contribution in [1.82, 2.24) is 9.55 Å². The van der Waals surface area contributed by atoms with Crippen LogP contribution in [0.2, 0.25) is 0 Å². The molecular formula is C15H13N3O2. The Morgan fingerprint density at radius 3 is 2.65 bits per heavy atom. The Morgan fingerprint density at radius 1 is 1.20 bits per heavy atom. The van der Waals surface area contributed by atoms with Crippen molar-refractivity contribution in [3.63, 3.8) is 0 Å². The Kier molecular flexibility index (Phi) is 2.87. The molecule has 20 heavy (non-hydrogen) atoms. The molecule has 3 aromatic rings. The van der Waals surface area contributed by atoms with Gasteiger partial charge < -0.3 is 15.4 Å². The average Bonchev–Trinajstić information content (AvgIpc) is 2.75. The quantitative estimate of drug-likeness (QED) is 0.763. The first kappa shape index (κ1) is 12.2. The second-order valence-corrected chi connectivity index (χ2v) is 4.55. The number of nitrogens with zero attached hydrogens (tertiary/aromatic N) is 2. The fourth-order valence-electron chi connectivity index (χ4n) is 2.21. The number of aromatic carboxylic acids is 1. The van der Waals surface area contributed by atoms with Gasteiger partial charge in [-0.05, 0) is 23.8 Å². The maximum absolute atomic E-state index is 11.0. The van der Waals surface area contributed by atoms with Gasteiger partial charge in [-0.2, -0.15) is 0 Å². The smallest absolute Gasteiger partial charge is 0.335 e. The van der Waals surface area contributed by atoms with Crippen molar-refractivity contribution in [2.24, 2.45) is 0 Å². The summed E-state index contributed by atoms with van der Waals surface area (Å²) in [5, 5.41) is 8.99. The van der Waals surface area contributed by atoms with Gasteiger partial charge in [0, 0.05) is 0 Å². The highest BCUT2D eigenvalue weighted by molar-refractivity contribution is 5.92. The predicted octanol–water partition coefficient (Wildman–Crippen LogP) is 2.37. The van der Waals surface area contributed by atoms with Gasteiger partial charge in [-0.15, -0.1) is 0 Å². The number of benzene rings is 2. The number of nitrogen functional groups attached to an aromatic ring is 1. The maximum Gasteiger partial charge on any atom is 0.335 e. The van der Waals surface area contributed by atoms with Crippen LogP contribution < -0.4 is 5.73 Å². The number of aromatic nitrogens is 2. The minimum absolute atomic E-state index is 0.210. The zero-order chi connectivity index (χ0) is 14.1. The highest BCUT2D eigenvalue weighted by Gasteiger charge is 2.11. The van der Waals surface area contributed by atoms with Crippen LogP contribution in [0, 0.1) is 0 Å². The van der Waals surface area contributed by atoms with E-state index < -0.39 is 5.97 Å². The van der Waals surface area contributed by atoms with Crippen molar-refractivity contribution < 1.29 is 9.90 Å². The molecule has 0 spiro atoms. The minimum atomic E-state index is -0.969. The summed E-state index contributed by atoms with van der Waals surface area (Å²) in [6, 6.07) is 14.8. The van der Waals surface area contributed by atoms with Crippen LogP contribution in [0.1, 0.15) is 15.9 Å². The Labute approximate surface area is 115 Å². The van der Waals surface area contributed by atoms with E-state index in [0.717, 1.165) is 11.1 Å². The number of imidazole rings is 1. The molecule has 5 nitrogen and oxygen atoms in total. The van der Waals surface area contributed by atoms with E-state index in [4.69, 9.17) is 10.8 Å². The molecule has 1 heterocycles. The monoisotopic (exact) mass is 267 g/mol. The van der Waals surface area contributed by atoms with Crippen LogP contribution in [0.5, 0.6) is 0 Å². The van der Waals surface area contributed by atoms with E-state index in [1.807, 2.05) is 34.9 Å². The molecular weight excluding hydrogens is 254 g/mol. The number of anilines is 1. The van der Waals surface area contributed by atoms with Gasteiger partial charge >= 0.3 is 5.97 Å². The van der Waals surface area contributed by atoms with Crippen molar-refractivity contribution in [2.75, 3.05) is 5.73 Å². The number of hydrogen-bond donors (Lipinski definition) is 2. The van der Waals surface area contributed by atoms with Crippen molar-refractivity contribution in [2.45, 2.75) is 6.54 Å². The van der Waals surface area contributed by atoms with Crippen LogP contribution in [0.4, 0.5) is 5.95 Å². The van der Waals surface area contributed by atoms with Crippen LogP contribution in [0.3, 0.4) is 0 Å². The third kappa shape index (κ3) is 2.09. The molecule has 3 rings (SSSR count). The Hall–Kier alpha value is -2.82. The summed E-state index contributed by atoms with van der Waals surface area (Å²) in [6.45, 7) is 0.607. The number of carboxylic acids is 1. The second-order valence-electron chi connectivity index (χ2n) is 4.55. The molecule has 3 N–H and O–H groups in total. The summed E-state index contributed by atoms with van der Waals surface area (Å²) >= 11 is 0. The summed E-state index contributed by atoms with van der Waals surface area (Å²) in [5.74, 6) is -0.588. The maximum atomic E-state index is 11.0. The van der Waals surface area contributed by atoms with E-state index in [1.54, 1.807) is 12.1 Å². The zero-order valence-electron chi connectivity index (χ0n) is 10.7. The van der Waals surface area contributed by atoms with Crippen molar-refractivity contribution >= 4 is 23.0 Å². The van der Waals surface area contributed by atoms with Crippen molar-refractivity contribution in [3.05, 3.63) is 59.7 Å². The number of carbonyl (C=O) groups is 1. The third-order valence-corrected chi connectivity index (χ3v) is 3.21. The molecule has 0 aliphatic heterocycles. The highest BCUT2D eigenvalue weighted by atomic mass is 16.4. The first-order valence-electron chi connectivity index (χ1n) is 6.18. The molecule has 5 heteroatoms. The van der Waals surface area contributed by atoms with Gasteiger partial charge in [-0.25, -0.2) is 9.78 Å². The second kappa shape index (κ2) is 4.70. The number of hydrogen-bond acceptors (Lipinski definition) is 3. The largest absolute Gasteiger partial charge is 0.478 e. The lowest BCUT2D eigenvalue weighted by Gasteiger charge is -2.06. The number of nitrogens with two attached hydrogens (primary N) is 1. The molecule has 0 saturated heterocycles. The van der Waals surface area contributed by atoms with Gasteiger partial charge in [-0.1, -0.05) is 30.3 Å². The van der Waals surface area contributed by atoms with Crippen LogP contribution in [0.25, 0.3) is 11.0 Å². The number of fused-ring (bicyclic) bond motifs is 1. The van der Waals surface area contributed by atoms with E-state index in [-0.39, 0.29) is 5.56 Å². The SMILES string of the molecule is Nc1nc2cc(C(=O)O)ccc2n1Cc1ccccc1. The van der Waals surface area contributed by atoms with Gasteiger partial charge in [-0.3, -0.25) is 0 Å². The normalized spacial score (nSPS) is 10.8. The van der Waals surface area contributed by atoms with Gasteiger partial charge in [0.25, 0.3) is 0 Å². The first-order valence-corrected chi connectivity index (χ1v) is 6.18. The highest BCUT2D eigenvalue weighted by Crippen LogP contribution is 2.20. The van der Waals surface area contributed by atoms with E-state index >= 15 is 0 Å². The molecule has 0 aliphatic rings. The van der Waals surface area contributed by atoms with E-state index in [1.165, 1.54) is 6.07 Å². The molecule has 0 atom stereocenters.